The molecule has 1 aromatic rings. The molecule has 4 rings (SSSR count). The van der Waals surface area contributed by atoms with Crippen molar-refractivity contribution in [3.8, 4) is 0 Å². The molecule has 24 heavy (non-hydrogen) atoms. The lowest BCUT2D eigenvalue weighted by Gasteiger charge is -2.58. The number of fused-ring (bicyclic) bond motifs is 2. The molecule has 0 saturated carbocycles. The van der Waals surface area contributed by atoms with Crippen LogP contribution in [0.15, 0.2) is 42.0 Å². The molecule has 0 radical (unpaired) electrons. The maximum absolute atomic E-state index is 12.6. The smallest absolute Gasteiger partial charge is 0.310 e. The molecule has 0 N–H and O–H groups in total. The van der Waals surface area contributed by atoms with Crippen molar-refractivity contribution < 1.29 is 9.53 Å². The van der Waals surface area contributed by atoms with Crippen molar-refractivity contribution in [2.75, 3.05) is 6.61 Å². The first kappa shape index (κ1) is 17.2. The summed E-state index contributed by atoms with van der Waals surface area (Å²) in [6.07, 6.45) is 4.32. The van der Waals surface area contributed by atoms with Crippen molar-refractivity contribution in [1.29, 1.82) is 0 Å². The Morgan fingerprint density at radius 3 is 2.62 bits per heavy atom. The van der Waals surface area contributed by atoms with Crippen LogP contribution in [0.25, 0.3) is 0 Å². The quantitative estimate of drug-likeness (QED) is 0.600. The first-order valence-corrected chi connectivity index (χ1v) is 9.18. The third-order valence-corrected chi connectivity index (χ3v) is 6.14. The Bertz CT molecular complexity index is 624. The van der Waals surface area contributed by atoms with Crippen LogP contribution in [0.1, 0.15) is 46.1 Å². The summed E-state index contributed by atoms with van der Waals surface area (Å²) in [5, 5.41) is 0. The summed E-state index contributed by atoms with van der Waals surface area (Å²) in [7, 11) is 0. The van der Waals surface area contributed by atoms with E-state index >= 15 is 0 Å². The average molecular weight is 327 g/mol. The zero-order valence-electron chi connectivity index (χ0n) is 15.3. The molecule has 3 aliphatic rings. The molecule has 2 aliphatic heterocycles. The van der Waals surface area contributed by atoms with Gasteiger partial charge in [0, 0.05) is 24.0 Å². The van der Waals surface area contributed by atoms with Crippen LogP contribution in [0.3, 0.4) is 0 Å². The summed E-state index contributed by atoms with van der Waals surface area (Å²) in [6.45, 7) is 10.1. The molecule has 0 amide bonds. The summed E-state index contributed by atoms with van der Waals surface area (Å²) in [4.78, 5) is 15.1. The molecule has 4 atom stereocenters. The van der Waals surface area contributed by atoms with Gasteiger partial charge < -0.3 is 4.74 Å². The fourth-order valence-electron chi connectivity index (χ4n) is 4.64. The molecule has 3 heteroatoms. The lowest BCUT2D eigenvalue weighted by Crippen LogP contribution is -2.62. The molecule has 4 unspecified atom stereocenters. The minimum Gasteiger partial charge on any atom is -0.466 e. The molecule has 2 bridgehead atoms. The number of carbonyl (C=O) groups is 1. The van der Waals surface area contributed by atoms with Gasteiger partial charge in [0.15, 0.2) is 0 Å². The Balaban J connectivity index is 1.94. The summed E-state index contributed by atoms with van der Waals surface area (Å²) in [5.41, 5.74) is 2.86. The van der Waals surface area contributed by atoms with Crippen LogP contribution in [0.4, 0.5) is 0 Å². The predicted molar refractivity (Wildman–Crippen MR) is 96.5 cm³/mol. The average Bonchev–Trinajstić information content (AvgIpc) is 2.59. The predicted octanol–water partition coefficient (Wildman–Crippen LogP) is 4.19. The van der Waals surface area contributed by atoms with Gasteiger partial charge in [0.25, 0.3) is 0 Å². The first-order valence-electron chi connectivity index (χ1n) is 9.18. The largest absolute Gasteiger partial charge is 0.466 e. The van der Waals surface area contributed by atoms with Gasteiger partial charge >= 0.3 is 5.97 Å². The topological polar surface area (TPSA) is 29.5 Å². The van der Waals surface area contributed by atoms with E-state index in [1.165, 1.54) is 11.1 Å². The molecular weight excluding hydrogens is 298 g/mol. The normalized spacial score (nSPS) is 32.5. The summed E-state index contributed by atoms with van der Waals surface area (Å²) in [6, 6.07) is 11.1. The number of piperidine rings is 1. The van der Waals surface area contributed by atoms with Crippen LogP contribution in [0.2, 0.25) is 0 Å². The van der Waals surface area contributed by atoms with Crippen molar-refractivity contribution in [2.45, 2.75) is 59.2 Å². The van der Waals surface area contributed by atoms with Crippen LogP contribution < -0.4 is 0 Å². The second-order valence-electron chi connectivity index (χ2n) is 7.35. The number of benzene rings is 1. The minimum atomic E-state index is -0.0508. The summed E-state index contributed by atoms with van der Waals surface area (Å²) in [5.74, 6) is -0.0877. The number of nitrogens with zero attached hydrogens (tertiary/aromatic N) is 1. The minimum absolute atomic E-state index is 0.0370. The van der Waals surface area contributed by atoms with Crippen LogP contribution in [-0.4, -0.2) is 29.6 Å². The number of hydrogen-bond acceptors (Lipinski definition) is 3. The molecule has 2 heterocycles. The third-order valence-electron chi connectivity index (χ3n) is 6.14. The Morgan fingerprint density at radius 1 is 1.29 bits per heavy atom. The molecule has 1 fully saturated rings. The van der Waals surface area contributed by atoms with Crippen molar-refractivity contribution >= 4 is 5.97 Å². The van der Waals surface area contributed by atoms with E-state index in [-0.39, 0.29) is 23.3 Å². The Labute approximate surface area is 145 Å². The maximum Gasteiger partial charge on any atom is 0.310 e. The second-order valence-corrected chi connectivity index (χ2v) is 7.35. The standard InChI is InChI=1S/C21H29NO2/c1-5-17-12-19-18(20(23)24-6-2)13-21(17,4)15(3)22(19)14-16-10-8-7-9-11-16/h7-12,15,18-19H,5-6,13-14H2,1-4H3. The molecule has 3 nitrogen and oxygen atoms in total. The molecule has 1 saturated heterocycles. The lowest BCUT2D eigenvalue weighted by atomic mass is 9.59. The second kappa shape index (κ2) is 6.72. The Kier molecular flexibility index (Phi) is 4.82. The first-order chi connectivity index (χ1) is 11.5. The van der Waals surface area contributed by atoms with Crippen molar-refractivity contribution in [3.05, 3.63) is 47.5 Å². The maximum atomic E-state index is 12.6. The van der Waals surface area contributed by atoms with E-state index in [0.717, 1.165) is 19.4 Å². The van der Waals surface area contributed by atoms with Gasteiger partial charge in [-0.05, 0) is 32.3 Å². The van der Waals surface area contributed by atoms with Gasteiger partial charge in [0.1, 0.15) is 0 Å². The Morgan fingerprint density at radius 2 is 2.00 bits per heavy atom. The van der Waals surface area contributed by atoms with E-state index in [1.807, 2.05) is 13.0 Å². The molecule has 130 valence electrons. The van der Waals surface area contributed by atoms with E-state index in [1.54, 1.807) is 0 Å². The van der Waals surface area contributed by atoms with Gasteiger partial charge in [-0.15, -0.1) is 0 Å². The third kappa shape index (κ3) is 2.79. The van der Waals surface area contributed by atoms with E-state index in [4.69, 9.17) is 4.74 Å². The monoisotopic (exact) mass is 327 g/mol. The van der Waals surface area contributed by atoms with Crippen LogP contribution >= 0.6 is 0 Å². The fraction of sp³-hybridized carbons (Fsp3) is 0.571. The highest BCUT2D eigenvalue weighted by molar-refractivity contribution is 5.75. The highest BCUT2D eigenvalue weighted by atomic mass is 16.5. The number of ether oxygens (including phenoxy) is 1. The zero-order chi connectivity index (χ0) is 17.3. The highest BCUT2D eigenvalue weighted by Crippen LogP contribution is 2.52. The molecule has 1 aliphatic carbocycles. The Hall–Kier alpha value is -1.61. The number of rotatable bonds is 5. The zero-order valence-corrected chi connectivity index (χ0v) is 15.3. The van der Waals surface area contributed by atoms with Gasteiger partial charge in [-0.1, -0.05) is 55.8 Å². The van der Waals surface area contributed by atoms with Gasteiger partial charge in [-0.2, -0.15) is 0 Å². The molecular formula is C21H29NO2. The van der Waals surface area contributed by atoms with Gasteiger partial charge in [0.05, 0.1) is 12.5 Å². The van der Waals surface area contributed by atoms with Crippen molar-refractivity contribution in [2.24, 2.45) is 11.3 Å². The van der Waals surface area contributed by atoms with Gasteiger partial charge in [-0.25, -0.2) is 0 Å². The number of carbonyl (C=O) groups excluding carboxylic acids is 1. The number of esters is 1. The highest BCUT2D eigenvalue weighted by Gasteiger charge is 2.54. The number of hydrogen-bond donors (Lipinski definition) is 0. The fourth-order valence-corrected chi connectivity index (χ4v) is 4.64. The lowest BCUT2D eigenvalue weighted by molar-refractivity contribution is -0.157. The van der Waals surface area contributed by atoms with Crippen LogP contribution in [0, 0.1) is 11.3 Å². The van der Waals surface area contributed by atoms with Crippen LogP contribution in [-0.2, 0) is 16.1 Å². The van der Waals surface area contributed by atoms with Crippen molar-refractivity contribution in [1.82, 2.24) is 4.90 Å². The SMILES string of the molecule is CCOC(=O)C1CC2(C)C(CC)=CC1N(Cc1ccccc1)C2C. The van der Waals surface area contributed by atoms with Crippen molar-refractivity contribution in [3.63, 3.8) is 0 Å². The van der Waals surface area contributed by atoms with E-state index in [9.17, 15) is 4.79 Å². The summed E-state index contributed by atoms with van der Waals surface area (Å²) < 4.78 is 5.39. The molecule has 1 aromatic carbocycles. The van der Waals surface area contributed by atoms with E-state index in [2.05, 4.69) is 56.0 Å². The molecule has 0 spiro atoms. The molecule has 0 aromatic heterocycles. The van der Waals surface area contributed by atoms with E-state index in [0.29, 0.717) is 12.6 Å². The van der Waals surface area contributed by atoms with E-state index < -0.39 is 0 Å². The van der Waals surface area contributed by atoms with Crippen LogP contribution in [0.5, 0.6) is 0 Å². The summed E-state index contributed by atoms with van der Waals surface area (Å²) >= 11 is 0. The van der Waals surface area contributed by atoms with Gasteiger partial charge in [0.2, 0.25) is 0 Å². The van der Waals surface area contributed by atoms with Gasteiger partial charge in [-0.3, -0.25) is 9.69 Å².